The number of carbonyl (C=O) groups excluding carboxylic acids is 1. The molecule has 112 valence electrons. The number of likely N-dealkylation sites (N-methyl/N-ethyl adjacent to an activating group) is 1. The molecule has 4 nitrogen and oxygen atoms in total. The molecule has 0 saturated heterocycles. The van der Waals surface area contributed by atoms with Gasteiger partial charge in [-0.1, -0.05) is 6.07 Å². The number of nitrogens with one attached hydrogen (secondary N) is 1. The van der Waals surface area contributed by atoms with Gasteiger partial charge in [0.05, 0.1) is 0 Å². The highest BCUT2D eigenvalue weighted by atomic mass is 16.2. The Balaban J connectivity index is 1.79. The van der Waals surface area contributed by atoms with Crippen LogP contribution in [0.3, 0.4) is 0 Å². The summed E-state index contributed by atoms with van der Waals surface area (Å²) < 4.78 is 2.06. The third-order valence-electron chi connectivity index (χ3n) is 4.17. The van der Waals surface area contributed by atoms with Crippen molar-refractivity contribution in [2.75, 3.05) is 13.6 Å². The molecule has 1 amide bonds. The molecule has 21 heavy (non-hydrogen) atoms. The fraction of sp³-hybridized carbons (Fsp3) is 0.471. The van der Waals surface area contributed by atoms with Gasteiger partial charge in [-0.15, -0.1) is 0 Å². The van der Waals surface area contributed by atoms with Crippen LogP contribution in [0.5, 0.6) is 0 Å². The van der Waals surface area contributed by atoms with Gasteiger partial charge in [-0.2, -0.15) is 0 Å². The lowest BCUT2D eigenvalue weighted by molar-refractivity contribution is -0.132. The Hall–Kier alpha value is -1.81. The third-order valence-corrected chi connectivity index (χ3v) is 4.17. The highest BCUT2D eigenvalue weighted by Gasteiger charge is 2.31. The molecule has 0 atom stereocenters. The van der Waals surface area contributed by atoms with E-state index in [9.17, 15) is 4.79 Å². The molecule has 1 heterocycles. The van der Waals surface area contributed by atoms with Crippen molar-refractivity contribution in [1.29, 1.82) is 0 Å². The Morgan fingerprint density at radius 2 is 2.19 bits per heavy atom. The summed E-state index contributed by atoms with van der Waals surface area (Å²) in [5.41, 5.74) is 2.40. The largest absolute Gasteiger partial charge is 0.338 e. The van der Waals surface area contributed by atoms with E-state index in [2.05, 4.69) is 41.1 Å². The van der Waals surface area contributed by atoms with Crippen molar-refractivity contribution in [1.82, 2.24) is 14.8 Å². The van der Waals surface area contributed by atoms with Crippen LogP contribution in [-0.4, -0.2) is 35.0 Å². The Morgan fingerprint density at radius 1 is 1.38 bits per heavy atom. The van der Waals surface area contributed by atoms with Gasteiger partial charge in [0.1, 0.15) is 6.54 Å². The van der Waals surface area contributed by atoms with Gasteiger partial charge in [-0.05, 0) is 56.0 Å². The molecule has 1 aliphatic rings. The Bertz CT molecular complexity index is 643. The molecular weight excluding hydrogens is 262 g/mol. The van der Waals surface area contributed by atoms with Crippen LogP contribution >= 0.6 is 0 Å². The first-order chi connectivity index (χ1) is 10.2. The highest BCUT2D eigenvalue weighted by Crippen LogP contribution is 2.27. The maximum Gasteiger partial charge on any atom is 0.242 e. The van der Waals surface area contributed by atoms with Gasteiger partial charge < -0.3 is 14.8 Å². The number of rotatable bonds is 6. The molecule has 1 aromatic heterocycles. The third kappa shape index (κ3) is 2.95. The van der Waals surface area contributed by atoms with E-state index >= 15 is 0 Å². The zero-order valence-electron chi connectivity index (χ0n) is 12.8. The normalized spacial score (nSPS) is 14.6. The predicted octanol–water partition coefficient (Wildman–Crippen LogP) is 2.37. The van der Waals surface area contributed by atoms with Crippen molar-refractivity contribution in [3.8, 4) is 0 Å². The van der Waals surface area contributed by atoms with E-state index < -0.39 is 0 Å². The lowest BCUT2D eigenvalue weighted by atomic mass is 10.1. The lowest BCUT2D eigenvalue weighted by Gasteiger charge is -2.20. The van der Waals surface area contributed by atoms with E-state index in [1.165, 1.54) is 23.8 Å². The fourth-order valence-corrected chi connectivity index (χ4v) is 2.96. The van der Waals surface area contributed by atoms with Crippen LogP contribution in [0.2, 0.25) is 0 Å². The number of hydrogen-bond donors (Lipinski definition) is 1. The first-order valence-electron chi connectivity index (χ1n) is 7.74. The second-order valence-corrected chi connectivity index (χ2v) is 5.78. The van der Waals surface area contributed by atoms with Gasteiger partial charge in [-0.3, -0.25) is 4.79 Å². The molecule has 1 aromatic carbocycles. The summed E-state index contributed by atoms with van der Waals surface area (Å²) in [7, 11) is 1.95. The summed E-state index contributed by atoms with van der Waals surface area (Å²) in [6.07, 6.45) is 4.35. The standard InChI is InChI=1S/C17H23N3O/c1-3-20(15-5-6-15)17(21)12-19-9-8-14-10-13(11-18-2)4-7-16(14)19/h4,7-10,15,18H,3,5-6,11-12H2,1-2H3. The summed E-state index contributed by atoms with van der Waals surface area (Å²) >= 11 is 0. The fourth-order valence-electron chi connectivity index (χ4n) is 2.96. The van der Waals surface area contributed by atoms with E-state index in [-0.39, 0.29) is 5.91 Å². The number of hydrogen-bond acceptors (Lipinski definition) is 2. The highest BCUT2D eigenvalue weighted by molar-refractivity contribution is 5.84. The molecule has 1 saturated carbocycles. The second-order valence-electron chi connectivity index (χ2n) is 5.78. The Morgan fingerprint density at radius 3 is 2.86 bits per heavy atom. The molecule has 0 radical (unpaired) electrons. The Kier molecular flexibility index (Phi) is 3.97. The van der Waals surface area contributed by atoms with Crippen LogP contribution < -0.4 is 5.32 Å². The van der Waals surface area contributed by atoms with Gasteiger partial charge in [0.2, 0.25) is 5.91 Å². The molecule has 0 bridgehead atoms. The molecule has 3 rings (SSSR count). The molecule has 0 aliphatic heterocycles. The smallest absolute Gasteiger partial charge is 0.242 e. The molecule has 1 fully saturated rings. The first kappa shape index (κ1) is 14.1. The van der Waals surface area contributed by atoms with Crippen molar-refractivity contribution in [2.45, 2.75) is 38.9 Å². The van der Waals surface area contributed by atoms with Crippen LogP contribution in [0.1, 0.15) is 25.3 Å². The van der Waals surface area contributed by atoms with E-state index in [4.69, 9.17) is 0 Å². The average Bonchev–Trinajstić information content (AvgIpc) is 3.23. The van der Waals surface area contributed by atoms with Crippen molar-refractivity contribution in [2.24, 2.45) is 0 Å². The topological polar surface area (TPSA) is 37.3 Å². The second kappa shape index (κ2) is 5.90. The maximum atomic E-state index is 12.4. The predicted molar refractivity (Wildman–Crippen MR) is 85.1 cm³/mol. The summed E-state index contributed by atoms with van der Waals surface area (Å²) in [6, 6.07) is 9.01. The molecule has 1 aliphatic carbocycles. The van der Waals surface area contributed by atoms with Crippen LogP contribution in [-0.2, 0) is 17.9 Å². The quantitative estimate of drug-likeness (QED) is 0.885. The minimum atomic E-state index is 0.233. The Labute approximate surface area is 125 Å². The summed E-state index contributed by atoms with van der Waals surface area (Å²) in [6.45, 7) is 4.19. The number of nitrogens with zero attached hydrogens (tertiary/aromatic N) is 2. The number of fused-ring (bicyclic) bond motifs is 1. The van der Waals surface area contributed by atoms with E-state index in [0.717, 1.165) is 18.6 Å². The molecule has 2 aromatic rings. The summed E-state index contributed by atoms with van der Waals surface area (Å²) in [4.78, 5) is 14.4. The SMILES string of the molecule is CCN(C(=O)Cn1ccc2cc(CNC)ccc21)C1CC1. The van der Waals surface area contributed by atoms with Gasteiger partial charge in [-0.25, -0.2) is 0 Å². The van der Waals surface area contributed by atoms with Crippen molar-refractivity contribution < 1.29 is 4.79 Å². The van der Waals surface area contributed by atoms with E-state index in [1.807, 2.05) is 18.1 Å². The number of aromatic nitrogens is 1. The summed E-state index contributed by atoms with van der Waals surface area (Å²) in [5, 5.41) is 4.36. The molecule has 1 N–H and O–H groups in total. The number of benzene rings is 1. The van der Waals surface area contributed by atoms with Gasteiger partial charge >= 0.3 is 0 Å². The van der Waals surface area contributed by atoms with Crippen LogP contribution in [0.25, 0.3) is 10.9 Å². The van der Waals surface area contributed by atoms with Crippen molar-refractivity contribution >= 4 is 16.8 Å². The minimum absolute atomic E-state index is 0.233. The zero-order valence-corrected chi connectivity index (χ0v) is 12.8. The average molecular weight is 285 g/mol. The van der Waals surface area contributed by atoms with E-state index in [0.29, 0.717) is 12.6 Å². The maximum absolute atomic E-state index is 12.4. The van der Waals surface area contributed by atoms with Gasteiger partial charge in [0, 0.05) is 30.8 Å². The minimum Gasteiger partial charge on any atom is -0.338 e. The monoisotopic (exact) mass is 285 g/mol. The molecule has 0 spiro atoms. The number of amides is 1. The van der Waals surface area contributed by atoms with Crippen molar-refractivity contribution in [3.63, 3.8) is 0 Å². The van der Waals surface area contributed by atoms with Crippen molar-refractivity contribution in [3.05, 3.63) is 36.0 Å². The van der Waals surface area contributed by atoms with Gasteiger partial charge in [0.25, 0.3) is 0 Å². The lowest BCUT2D eigenvalue weighted by Crippen LogP contribution is -2.35. The zero-order chi connectivity index (χ0) is 14.8. The van der Waals surface area contributed by atoms with Crippen LogP contribution in [0.15, 0.2) is 30.5 Å². The molecule has 4 heteroatoms. The van der Waals surface area contributed by atoms with Crippen LogP contribution in [0.4, 0.5) is 0 Å². The van der Waals surface area contributed by atoms with Crippen LogP contribution in [0, 0.1) is 0 Å². The van der Waals surface area contributed by atoms with E-state index in [1.54, 1.807) is 0 Å². The first-order valence-corrected chi connectivity index (χ1v) is 7.74. The molecule has 0 unspecified atom stereocenters. The molecular formula is C17H23N3O. The summed E-state index contributed by atoms with van der Waals surface area (Å²) in [5.74, 6) is 0.233. The number of carbonyl (C=O) groups is 1. The van der Waals surface area contributed by atoms with Gasteiger partial charge in [0.15, 0.2) is 0 Å².